The Balaban J connectivity index is 2.60. The molecule has 2 aromatic rings. The predicted molar refractivity (Wildman–Crippen MR) is 69.8 cm³/mol. The number of nitro groups is 1. The van der Waals surface area contributed by atoms with Crippen LogP contribution in [0.5, 0.6) is 5.88 Å². The summed E-state index contributed by atoms with van der Waals surface area (Å²) in [6.07, 6.45) is 1.46. The highest BCUT2D eigenvalue weighted by Gasteiger charge is 2.18. The molecule has 0 amide bonds. The van der Waals surface area contributed by atoms with Gasteiger partial charge in [0.25, 0.3) is 5.69 Å². The second-order valence-corrected chi connectivity index (χ2v) is 3.88. The fourth-order valence-corrected chi connectivity index (χ4v) is 1.75. The second-order valence-electron chi connectivity index (χ2n) is 3.88. The van der Waals surface area contributed by atoms with Gasteiger partial charge in [-0.2, -0.15) is 0 Å². The number of carboxylic acid groups (broad SMARTS) is 1. The number of nitro benzene ring substituents is 1. The van der Waals surface area contributed by atoms with E-state index in [1.54, 1.807) is 12.1 Å². The number of hydrogen-bond acceptors (Lipinski definition) is 5. The lowest BCUT2D eigenvalue weighted by atomic mass is 10.0. The molecule has 1 aromatic heterocycles. The van der Waals surface area contributed by atoms with Gasteiger partial charge in [-0.3, -0.25) is 10.1 Å². The van der Waals surface area contributed by atoms with Gasteiger partial charge in [-0.05, 0) is 23.8 Å². The Hall–Kier alpha value is -2.96. The highest BCUT2D eigenvalue weighted by atomic mass is 16.6. The lowest BCUT2D eigenvalue weighted by Crippen LogP contribution is -2.00. The van der Waals surface area contributed by atoms with Crippen molar-refractivity contribution in [3.05, 3.63) is 52.2 Å². The summed E-state index contributed by atoms with van der Waals surface area (Å²) in [6, 6.07) is 6.88. The number of pyridine rings is 1. The highest BCUT2D eigenvalue weighted by molar-refractivity contribution is 5.90. The van der Waals surface area contributed by atoms with Crippen molar-refractivity contribution in [2.45, 2.75) is 0 Å². The molecule has 0 aliphatic carbocycles. The molecule has 0 aliphatic heterocycles. The van der Waals surface area contributed by atoms with Crippen LogP contribution in [0.1, 0.15) is 10.4 Å². The molecule has 102 valence electrons. The van der Waals surface area contributed by atoms with E-state index in [0.29, 0.717) is 17.0 Å². The number of carbonyl (C=O) groups is 1. The van der Waals surface area contributed by atoms with E-state index in [4.69, 9.17) is 9.84 Å². The third-order valence-corrected chi connectivity index (χ3v) is 2.70. The third kappa shape index (κ3) is 2.56. The number of carboxylic acids is 1. The Labute approximate surface area is 113 Å². The van der Waals surface area contributed by atoms with Crippen LogP contribution in [-0.4, -0.2) is 28.1 Å². The zero-order chi connectivity index (χ0) is 14.7. The molecular formula is C13H10N2O5. The first-order valence-electron chi connectivity index (χ1n) is 5.55. The molecule has 20 heavy (non-hydrogen) atoms. The van der Waals surface area contributed by atoms with Crippen molar-refractivity contribution in [1.29, 1.82) is 0 Å². The van der Waals surface area contributed by atoms with E-state index >= 15 is 0 Å². The number of methoxy groups -OCH3 is 1. The number of ether oxygens (including phenoxy) is 1. The molecule has 2 rings (SSSR count). The third-order valence-electron chi connectivity index (χ3n) is 2.70. The Morgan fingerprint density at radius 3 is 2.70 bits per heavy atom. The standard InChI is InChI=1S/C13H10N2O5/c1-20-12-7-8(4-5-14-12)10-3-2-9(13(16)17)6-11(10)15(18)19/h2-7H,1H3,(H,16,17). The highest BCUT2D eigenvalue weighted by Crippen LogP contribution is 2.31. The minimum absolute atomic E-state index is 0.138. The SMILES string of the molecule is COc1cc(-c2ccc(C(=O)O)cc2[N+](=O)[O-])ccn1. The molecule has 0 aliphatic rings. The summed E-state index contributed by atoms with van der Waals surface area (Å²) in [5.41, 5.74) is 0.417. The summed E-state index contributed by atoms with van der Waals surface area (Å²) < 4.78 is 4.96. The van der Waals surface area contributed by atoms with Crippen LogP contribution in [0.4, 0.5) is 5.69 Å². The van der Waals surface area contributed by atoms with Crippen LogP contribution in [0.25, 0.3) is 11.1 Å². The van der Waals surface area contributed by atoms with E-state index in [1.807, 2.05) is 0 Å². The summed E-state index contributed by atoms with van der Waals surface area (Å²) in [5.74, 6) is -0.897. The summed E-state index contributed by atoms with van der Waals surface area (Å²) >= 11 is 0. The molecule has 0 bridgehead atoms. The van der Waals surface area contributed by atoms with Crippen molar-refractivity contribution in [3.63, 3.8) is 0 Å². The molecule has 0 saturated carbocycles. The first-order valence-corrected chi connectivity index (χ1v) is 5.55. The van der Waals surface area contributed by atoms with Crippen LogP contribution in [0.3, 0.4) is 0 Å². The minimum Gasteiger partial charge on any atom is -0.481 e. The maximum absolute atomic E-state index is 11.1. The molecule has 7 heteroatoms. The van der Waals surface area contributed by atoms with Crippen molar-refractivity contribution in [1.82, 2.24) is 4.98 Å². The maximum Gasteiger partial charge on any atom is 0.335 e. The van der Waals surface area contributed by atoms with Gasteiger partial charge >= 0.3 is 5.97 Å². The molecule has 1 aromatic carbocycles. The molecule has 1 heterocycles. The Morgan fingerprint density at radius 2 is 2.10 bits per heavy atom. The van der Waals surface area contributed by atoms with Crippen LogP contribution in [0, 0.1) is 10.1 Å². The molecule has 1 N–H and O–H groups in total. The molecule has 0 atom stereocenters. The van der Waals surface area contributed by atoms with Crippen molar-refractivity contribution in [3.8, 4) is 17.0 Å². The van der Waals surface area contributed by atoms with E-state index in [1.165, 1.54) is 25.4 Å². The summed E-state index contributed by atoms with van der Waals surface area (Å²) in [5, 5.41) is 20.0. The normalized spacial score (nSPS) is 10.1. The average molecular weight is 274 g/mol. The Kier molecular flexibility index (Phi) is 3.60. The lowest BCUT2D eigenvalue weighted by Gasteiger charge is -2.05. The van der Waals surface area contributed by atoms with Gasteiger partial charge in [-0.15, -0.1) is 0 Å². The molecule has 0 saturated heterocycles. The van der Waals surface area contributed by atoms with Crippen LogP contribution < -0.4 is 4.74 Å². The van der Waals surface area contributed by atoms with Gasteiger partial charge in [-0.1, -0.05) is 0 Å². The monoisotopic (exact) mass is 274 g/mol. The minimum atomic E-state index is -1.22. The number of benzene rings is 1. The summed E-state index contributed by atoms with van der Waals surface area (Å²) in [4.78, 5) is 25.3. The van der Waals surface area contributed by atoms with Gasteiger partial charge in [-0.25, -0.2) is 9.78 Å². The lowest BCUT2D eigenvalue weighted by molar-refractivity contribution is -0.384. The van der Waals surface area contributed by atoms with Crippen LogP contribution in [0.2, 0.25) is 0 Å². The first kappa shape index (κ1) is 13.5. The Morgan fingerprint density at radius 1 is 1.35 bits per heavy atom. The quantitative estimate of drug-likeness (QED) is 0.678. The van der Waals surface area contributed by atoms with Crippen LogP contribution >= 0.6 is 0 Å². The van der Waals surface area contributed by atoms with E-state index in [2.05, 4.69) is 4.98 Å². The number of nitrogens with zero attached hydrogens (tertiary/aromatic N) is 2. The number of aromatic nitrogens is 1. The zero-order valence-electron chi connectivity index (χ0n) is 10.4. The number of hydrogen-bond donors (Lipinski definition) is 1. The topological polar surface area (TPSA) is 103 Å². The molecule has 0 spiro atoms. The molecule has 7 nitrogen and oxygen atoms in total. The zero-order valence-corrected chi connectivity index (χ0v) is 10.4. The Bertz CT molecular complexity index is 684. The van der Waals surface area contributed by atoms with Gasteiger partial charge in [0, 0.05) is 18.3 Å². The smallest absolute Gasteiger partial charge is 0.335 e. The summed E-state index contributed by atoms with van der Waals surface area (Å²) in [6.45, 7) is 0. The molecule has 0 unspecified atom stereocenters. The molecular weight excluding hydrogens is 264 g/mol. The second kappa shape index (κ2) is 5.35. The van der Waals surface area contributed by atoms with E-state index in [9.17, 15) is 14.9 Å². The van der Waals surface area contributed by atoms with Gasteiger partial charge in [0.1, 0.15) is 0 Å². The van der Waals surface area contributed by atoms with Gasteiger partial charge < -0.3 is 9.84 Å². The largest absolute Gasteiger partial charge is 0.481 e. The van der Waals surface area contributed by atoms with E-state index in [-0.39, 0.29) is 11.3 Å². The fourth-order valence-electron chi connectivity index (χ4n) is 1.75. The van der Waals surface area contributed by atoms with E-state index < -0.39 is 10.9 Å². The summed E-state index contributed by atoms with van der Waals surface area (Å²) in [7, 11) is 1.44. The van der Waals surface area contributed by atoms with Crippen molar-refractivity contribution >= 4 is 11.7 Å². The van der Waals surface area contributed by atoms with Gasteiger partial charge in [0.15, 0.2) is 0 Å². The van der Waals surface area contributed by atoms with Crippen LogP contribution in [0.15, 0.2) is 36.5 Å². The maximum atomic E-state index is 11.1. The van der Waals surface area contributed by atoms with E-state index in [0.717, 1.165) is 6.07 Å². The van der Waals surface area contributed by atoms with Gasteiger partial charge in [0.05, 0.1) is 23.2 Å². The predicted octanol–water partition coefficient (Wildman–Crippen LogP) is 2.36. The van der Waals surface area contributed by atoms with Gasteiger partial charge in [0.2, 0.25) is 5.88 Å². The first-order chi connectivity index (χ1) is 9.52. The van der Waals surface area contributed by atoms with Crippen molar-refractivity contribution in [2.24, 2.45) is 0 Å². The number of aromatic carboxylic acids is 1. The molecule has 0 radical (unpaired) electrons. The fraction of sp³-hybridized carbons (Fsp3) is 0.0769. The average Bonchev–Trinajstić information content (AvgIpc) is 2.46. The van der Waals surface area contributed by atoms with Crippen LogP contribution in [-0.2, 0) is 0 Å². The van der Waals surface area contributed by atoms with Crippen molar-refractivity contribution in [2.75, 3.05) is 7.11 Å². The number of rotatable bonds is 4. The molecule has 0 fully saturated rings. The van der Waals surface area contributed by atoms with Crippen molar-refractivity contribution < 1.29 is 19.6 Å².